The highest BCUT2D eigenvalue weighted by Gasteiger charge is 2.28. The third-order valence-corrected chi connectivity index (χ3v) is 3.77. The van der Waals surface area contributed by atoms with Crippen molar-refractivity contribution in [2.24, 2.45) is 5.73 Å². The van der Waals surface area contributed by atoms with Gasteiger partial charge in [-0.2, -0.15) is 0 Å². The average molecular weight is 301 g/mol. The molecule has 0 radical (unpaired) electrons. The molecule has 3 rings (SSSR count). The molecule has 2 aromatic heterocycles. The molecule has 0 saturated carbocycles. The first-order valence-corrected chi connectivity index (χ1v) is 7.27. The minimum atomic E-state index is -0.579. The zero-order valence-corrected chi connectivity index (χ0v) is 12.9. The van der Waals surface area contributed by atoms with Crippen LogP contribution < -0.4 is 10.6 Å². The second-order valence-corrected chi connectivity index (χ2v) is 5.86. The summed E-state index contributed by atoms with van der Waals surface area (Å²) < 4.78 is 2.19. The largest absolute Gasteiger partial charge is 0.364 e. The minimum absolute atomic E-state index is 0.167. The molecule has 0 spiro atoms. The fourth-order valence-electron chi connectivity index (χ4n) is 2.76. The molecule has 0 aliphatic carbocycles. The van der Waals surface area contributed by atoms with Gasteiger partial charge < -0.3 is 15.2 Å². The predicted octanol–water partition coefficient (Wildman–Crippen LogP) is 0.872. The number of nitrogens with zero attached hydrogens (tertiary/aromatic N) is 6. The van der Waals surface area contributed by atoms with Gasteiger partial charge in [0.15, 0.2) is 5.82 Å². The van der Waals surface area contributed by atoms with Crippen LogP contribution in [0.3, 0.4) is 0 Å². The second-order valence-electron chi connectivity index (χ2n) is 5.86. The molecule has 116 valence electrons. The number of carbonyl (C=O) groups excluding carboxylic acids is 1. The standard InChI is InChI=1S/C14H19N7O/c1-8(2)14-19-18-12-7-20(6-9(3)21(12)14)11-5-16-4-10(17-11)13(15)22/h4-5,8-9H,6-7H2,1-3H3,(H2,15,22)/t9-/m0/s1. The Bertz CT molecular complexity index is 709. The topological polar surface area (TPSA) is 103 Å². The van der Waals surface area contributed by atoms with Crippen molar-refractivity contribution >= 4 is 11.7 Å². The summed E-state index contributed by atoms with van der Waals surface area (Å²) in [6.07, 6.45) is 3.01. The van der Waals surface area contributed by atoms with E-state index in [9.17, 15) is 4.79 Å². The second kappa shape index (κ2) is 5.36. The highest BCUT2D eigenvalue weighted by molar-refractivity contribution is 5.90. The molecule has 1 aliphatic heterocycles. The normalized spacial score (nSPS) is 17.6. The monoisotopic (exact) mass is 301 g/mol. The van der Waals surface area contributed by atoms with Crippen LogP contribution in [-0.2, 0) is 6.54 Å². The molecule has 0 aromatic carbocycles. The maximum Gasteiger partial charge on any atom is 0.268 e. The zero-order chi connectivity index (χ0) is 15.9. The molecule has 1 aliphatic rings. The van der Waals surface area contributed by atoms with Gasteiger partial charge in [0.25, 0.3) is 5.91 Å². The van der Waals surface area contributed by atoms with E-state index in [0.29, 0.717) is 18.3 Å². The van der Waals surface area contributed by atoms with Gasteiger partial charge in [-0.25, -0.2) is 4.98 Å². The van der Waals surface area contributed by atoms with Crippen molar-refractivity contribution in [1.82, 2.24) is 24.7 Å². The van der Waals surface area contributed by atoms with Crippen LogP contribution in [0.25, 0.3) is 0 Å². The smallest absolute Gasteiger partial charge is 0.268 e. The number of aromatic nitrogens is 5. The molecule has 22 heavy (non-hydrogen) atoms. The van der Waals surface area contributed by atoms with Crippen LogP contribution in [0.2, 0.25) is 0 Å². The van der Waals surface area contributed by atoms with E-state index in [4.69, 9.17) is 5.73 Å². The Hall–Kier alpha value is -2.51. The van der Waals surface area contributed by atoms with Gasteiger partial charge in [-0.05, 0) is 6.92 Å². The van der Waals surface area contributed by atoms with Gasteiger partial charge >= 0.3 is 0 Å². The molecule has 2 N–H and O–H groups in total. The molecule has 2 aromatic rings. The van der Waals surface area contributed by atoms with Crippen LogP contribution in [-0.4, -0.2) is 37.2 Å². The van der Waals surface area contributed by atoms with Crippen LogP contribution in [0.5, 0.6) is 0 Å². The number of hydrogen-bond donors (Lipinski definition) is 1. The highest BCUT2D eigenvalue weighted by atomic mass is 16.1. The Kier molecular flexibility index (Phi) is 3.51. The number of fused-ring (bicyclic) bond motifs is 1. The lowest BCUT2D eigenvalue weighted by Gasteiger charge is -2.33. The Labute approximate surface area is 128 Å². The average Bonchev–Trinajstić information content (AvgIpc) is 2.92. The first kappa shape index (κ1) is 14.4. The van der Waals surface area contributed by atoms with E-state index in [1.54, 1.807) is 6.20 Å². The van der Waals surface area contributed by atoms with Crippen molar-refractivity contribution < 1.29 is 4.79 Å². The first-order valence-electron chi connectivity index (χ1n) is 7.27. The van der Waals surface area contributed by atoms with E-state index in [0.717, 1.165) is 18.2 Å². The summed E-state index contributed by atoms with van der Waals surface area (Å²) in [5.41, 5.74) is 5.43. The Morgan fingerprint density at radius 2 is 2.14 bits per heavy atom. The van der Waals surface area contributed by atoms with Gasteiger partial charge in [-0.15, -0.1) is 10.2 Å². The van der Waals surface area contributed by atoms with Crippen LogP contribution in [0.4, 0.5) is 5.82 Å². The predicted molar refractivity (Wildman–Crippen MR) is 80.4 cm³/mol. The van der Waals surface area contributed by atoms with Crippen molar-refractivity contribution in [1.29, 1.82) is 0 Å². The molecule has 1 atom stereocenters. The summed E-state index contributed by atoms with van der Waals surface area (Å²) in [4.78, 5) is 21.6. The number of nitrogens with two attached hydrogens (primary N) is 1. The molecule has 8 heteroatoms. The SMILES string of the molecule is CC(C)c1nnc2n1[C@@H](C)CN(c1cncc(C(N)=O)n1)C2. The highest BCUT2D eigenvalue weighted by Crippen LogP contribution is 2.27. The number of primary amides is 1. The number of amides is 1. The molecule has 0 bridgehead atoms. The fourth-order valence-corrected chi connectivity index (χ4v) is 2.76. The molecule has 8 nitrogen and oxygen atoms in total. The van der Waals surface area contributed by atoms with Gasteiger partial charge in [0.1, 0.15) is 17.3 Å². The minimum Gasteiger partial charge on any atom is -0.364 e. The summed E-state index contributed by atoms with van der Waals surface area (Å²) in [6, 6.07) is 0.218. The Morgan fingerprint density at radius 3 is 2.82 bits per heavy atom. The van der Waals surface area contributed by atoms with Crippen molar-refractivity contribution in [3.05, 3.63) is 29.7 Å². The van der Waals surface area contributed by atoms with Crippen molar-refractivity contribution in [3.8, 4) is 0 Å². The summed E-state index contributed by atoms with van der Waals surface area (Å²) in [5.74, 6) is 2.27. The first-order chi connectivity index (χ1) is 10.5. The number of anilines is 1. The molecule has 3 heterocycles. The van der Waals surface area contributed by atoms with E-state index < -0.39 is 5.91 Å². The van der Waals surface area contributed by atoms with E-state index in [1.165, 1.54) is 6.20 Å². The third kappa shape index (κ3) is 2.40. The maximum absolute atomic E-state index is 11.3. The Morgan fingerprint density at radius 1 is 1.36 bits per heavy atom. The third-order valence-electron chi connectivity index (χ3n) is 3.77. The summed E-state index contributed by atoms with van der Waals surface area (Å²) in [5, 5.41) is 8.59. The summed E-state index contributed by atoms with van der Waals surface area (Å²) in [6.45, 7) is 7.68. The van der Waals surface area contributed by atoms with Gasteiger partial charge in [-0.3, -0.25) is 9.78 Å². The lowest BCUT2D eigenvalue weighted by atomic mass is 10.1. The van der Waals surface area contributed by atoms with Crippen LogP contribution in [0.1, 0.15) is 54.9 Å². The molecule has 0 unspecified atom stereocenters. The fraction of sp³-hybridized carbons (Fsp3) is 0.500. The van der Waals surface area contributed by atoms with E-state index in [2.05, 4.69) is 45.5 Å². The molecular formula is C14H19N7O. The summed E-state index contributed by atoms with van der Waals surface area (Å²) in [7, 11) is 0. The number of hydrogen-bond acceptors (Lipinski definition) is 6. The van der Waals surface area contributed by atoms with Crippen molar-refractivity contribution in [2.75, 3.05) is 11.4 Å². The van der Waals surface area contributed by atoms with Gasteiger partial charge in [-0.1, -0.05) is 13.8 Å². The zero-order valence-electron chi connectivity index (χ0n) is 12.9. The lowest BCUT2D eigenvalue weighted by Crippen LogP contribution is -2.38. The lowest BCUT2D eigenvalue weighted by molar-refractivity contribution is 0.0995. The molecule has 0 fully saturated rings. The van der Waals surface area contributed by atoms with Crippen molar-refractivity contribution in [3.63, 3.8) is 0 Å². The van der Waals surface area contributed by atoms with Gasteiger partial charge in [0, 0.05) is 12.5 Å². The van der Waals surface area contributed by atoms with E-state index in [-0.39, 0.29) is 11.7 Å². The van der Waals surface area contributed by atoms with Gasteiger partial charge in [0.05, 0.1) is 25.0 Å². The Balaban J connectivity index is 1.93. The van der Waals surface area contributed by atoms with Crippen LogP contribution in [0, 0.1) is 0 Å². The number of carbonyl (C=O) groups is 1. The van der Waals surface area contributed by atoms with Crippen molar-refractivity contribution in [2.45, 2.75) is 39.3 Å². The quantitative estimate of drug-likeness (QED) is 0.902. The van der Waals surface area contributed by atoms with Crippen LogP contribution in [0.15, 0.2) is 12.4 Å². The molecular weight excluding hydrogens is 282 g/mol. The summed E-state index contributed by atoms with van der Waals surface area (Å²) >= 11 is 0. The molecule has 0 saturated heterocycles. The van der Waals surface area contributed by atoms with Crippen LogP contribution >= 0.6 is 0 Å². The van der Waals surface area contributed by atoms with E-state index in [1.807, 2.05) is 4.90 Å². The number of rotatable bonds is 3. The molecule has 1 amide bonds. The maximum atomic E-state index is 11.3. The van der Waals surface area contributed by atoms with E-state index >= 15 is 0 Å². The van der Waals surface area contributed by atoms with Gasteiger partial charge in [0.2, 0.25) is 0 Å².